The molecule has 1 aromatic carbocycles. The van der Waals surface area contributed by atoms with E-state index in [4.69, 9.17) is 36.0 Å². The van der Waals surface area contributed by atoms with Crippen molar-refractivity contribution in [2.45, 2.75) is 45.1 Å². The Morgan fingerprint density at radius 2 is 1.58 bits per heavy atom. The summed E-state index contributed by atoms with van der Waals surface area (Å²) in [6.45, 7) is 3.12. The number of unbranched alkanes of at least 4 members (excludes halogenated alkanes) is 1. The Morgan fingerprint density at radius 3 is 1.97 bits per heavy atom. The van der Waals surface area contributed by atoms with Gasteiger partial charge in [0.05, 0.1) is 48.7 Å². The molecule has 1 rings (SSSR count). The molecule has 0 heterocycles. The van der Waals surface area contributed by atoms with Crippen molar-refractivity contribution in [1.29, 1.82) is 0 Å². The third kappa shape index (κ3) is 9.88. The van der Waals surface area contributed by atoms with Gasteiger partial charge in [-0.1, -0.05) is 33.1 Å². The summed E-state index contributed by atoms with van der Waals surface area (Å²) in [7, 11) is 0. The number of carbonyl (C=O) groups excluding carboxylic acids is 1. The van der Waals surface area contributed by atoms with Crippen molar-refractivity contribution in [1.82, 2.24) is 0 Å². The second kappa shape index (κ2) is 14.5. The molecule has 176 valence electrons. The van der Waals surface area contributed by atoms with Gasteiger partial charge in [-0.05, 0) is 30.5 Å². The van der Waals surface area contributed by atoms with Crippen LogP contribution in [-0.2, 0) is 4.74 Å². The highest BCUT2D eigenvalue weighted by atomic mass is 16.5. The average molecular weight is 443 g/mol. The maximum absolute atomic E-state index is 12.1. The predicted molar refractivity (Wildman–Crippen MR) is 112 cm³/mol. The number of benzene rings is 1. The Hall–Kier alpha value is -2.53. The summed E-state index contributed by atoms with van der Waals surface area (Å²) in [6, 6.07) is 3.34. The smallest absolute Gasteiger partial charge is 0.339 e. The fraction of sp³-hybridized carbons (Fsp3) is 0.571. The molecule has 0 saturated heterocycles. The topological polar surface area (TPSA) is 188 Å². The highest BCUT2D eigenvalue weighted by Crippen LogP contribution is 2.17. The van der Waals surface area contributed by atoms with E-state index in [1.165, 1.54) is 12.1 Å². The third-order valence-corrected chi connectivity index (χ3v) is 4.65. The summed E-state index contributed by atoms with van der Waals surface area (Å²) >= 11 is 0. The van der Waals surface area contributed by atoms with E-state index in [0.29, 0.717) is 0 Å². The van der Waals surface area contributed by atoms with Crippen LogP contribution in [0.3, 0.4) is 0 Å². The quantitative estimate of drug-likeness (QED) is 0.255. The number of ether oxygens (including phenoxy) is 1. The molecule has 10 heteroatoms. The number of carboxylic acid groups (broad SMARTS) is 2. The number of aromatic carboxylic acids is 2. The van der Waals surface area contributed by atoms with Crippen molar-refractivity contribution in [3.05, 3.63) is 34.9 Å². The summed E-state index contributed by atoms with van der Waals surface area (Å²) in [5.41, 5.74) is 3.25. The molecule has 0 amide bonds. The van der Waals surface area contributed by atoms with E-state index in [1.54, 1.807) is 0 Å². The normalized spacial score (nSPS) is 11.8. The Balaban J connectivity index is 0.000000954. The number of carboxylic acids is 2. The van der Waals surface area contributed by atoms with E-state index in [0.717, 1.165) is 31.7 Å². The molecule has 0 aliphatic carbocycles. The lowest BCUT2D eigenvalue weighted by Crippen LogP contribution is -2.50. The molecular formula is C21H33NO9. The first-order valence-corrected chi connectivity index (χ1v) is 9.98. The first-order chi connectivity index (χ1) is 14.6. The number of rotatable bonds is 12. The van der Waals surface area contributed by atoms with E-state index in [-0.39, 0.29) is 29.2 Å². The van der Waals surface area contributed by atoms with E-state index >= 15 is 0 Å². The van der Waals surface area contributed by atoms with Gasteiger partial charge in [-0.2, -0.15) is 0 Å². The van der Waals surface area contributed by atoms with Gasteiger partial charge in [-0.25, -0.2) is 14.4 Å². The summed E-state index contributed by atoms with van der Waals surface area (Å²) in [4.78, 5) is 34.3. The van der Waals surface area contributed by atoms with Crippen LogP contribution in [-0.4, -0.2) is 75.4 Å². The van der Waals surface area contributed by atoms with Crippen LogP contribution in [0, 0.1) is 5.92 Å². The first-order valence-electron chi connectivity index (χ1n) is 9.98. The lowest BCUT2D eigenvalue weighted by Gasteiger charge is -2.20. The van der Waals surface area contributed by atoms with Gasteiger partial charge in [0, 0.05) is 0 Å². The molecule has 0 spiro atoms. The van der Waals surface area contributed by atoms with Gasteiger partial charge in [0.15, 0.2) is 0 Å². The predicted octanol–water partition coefficient (Wildman–Crippen LogP) is 1.12. The molecule has 0 radical (unpaired) electrons. The van der Waals surface area contributed by atoms with Gasteiger partial charge in [-0.3, -0.25) is 0 Å². The number of carbonyl (C=O) groups is 3. The number of nitrogens with two attached hydrogens (primary N) is 1. The van der Waals surface area contributed by atoms with Gasteiger partial charge >= 0.3 is 17.9 Å². The minimum absolute atomic E-state index is 0.132. The molecule has 10 nitrogen and oxygen atoms in total. The third-order valence-electron chi connectivity index (χ3n) is 4.65. The standard InChI is InChI=1S/C17H22O6.C4H11NO3/c1-3-5-6-11(4-2)10-23-17(22)13-8-7-12(15(18)19)9-14(13)16(20)21;5-4(1-6,2-7)3-8/h7-9,11H,3-6,10H2,1-2H3,(H,18,19)(H,20,21);6-8H,1-3,5H2. The van der Waals surface area contributed by atoms with Crippen LogP contribution < -0.4 is 5.73 Å². The molecular weight excluding hydrogens is 410 g/mol. The Bertz CT molecular complexity index is 709. The van der Waals surface area contributed by atoms with Crippen molar-refractivity contribution in [3.63, 3.8) is 0 Å². The van der Waals surface area contributed by atoms with Crippen LogP contribution in [0.4, 0.5) is 0 Å². The lowest BCUT2D eigenvalue weighted by molar-refractivity contribution is 0.0419. The van der Waals surface area contributed by atoms with Crippen LogP contribution >= 0.6 is 0 Å². The van der Waals surface area contributed by atoms with Crippen molar-refractivity contribution < 1.29 is 44.7 Å². The van der Waals surface area contributed by atoms with Crippen LogP contribution in [0.2, 0.25) is 0 Å². The monoisotopic (exact) mass is 443 g/mol. The molecule has 7 N–H and O–H groups in total. The van der Waals surface area contributed by atoms with Crippen LogP contribution in [0.1, 0.15) is 70.6 Å². The second-order valence-electron chi connectivity index (χ2n) is 7.22. The van der Waals surface area contributed by atoms with Crippen molar-refractivity contribution >= 4 is 17.9 Å². The SMILES string of the molecule is CCCCC(CC)COC(=O)c1ccc(C(=O)O)cc1C(=O)O.NC(CO)(CO)CO. The van der Waals surface area contributed by atoms with Gasteiger partial charge in [0.2, 0.25) is 0 Å². The Morgan fingerprint density at radius 1 is 1.00 bits per heavy atom. The Kier molecular flexibility index (Phi) is 13.3. The van der Waals surface area contributed by atoms with E-state index in [2.05, 4.69) is 6.92 Å². The molecule has 1 atom stereocenters. The van der Waals surface area contributed by atoms with Crippen LogP contribution in [0.15, 0.2) is 18.2 Å². The highest BCUT2D eigenvalue weighted by Gasteiger charge is 2.21. The molecule has 1 aromatic rings. The van der Waals surface area contributed by atoms with Crippen molar-refractivity contribution in [3.8, 4) is 0 Å². The van der Waals surface area contributed by atoms with Crippen molar-refractivity contribution in [2.75, 3.05) is 26.4 Å². The molecule has 1 unspecified atom stereocenters. The minimum Gasteiger partial charge on any atom is -0.478 e. The zero-order valence-electron chi connectivity index (χ0n) is 17.9. The number of esters is 1. The van der Waals surface area contributed by atoms with E-state index in [1.807, 2.05) is 6.92 Å². The number of aliphatic hydroxyl groups is 3. The minimum atomic E-state index is -1.36. The zero-order chi connectivity index (χ0) is 24.0. The van der Waals surface area contributed by atoms with Gasteiger partial charge in [0.25, 0.3) is 0 Å². The van der Waals surface area contributed by atoms with Gasteiger partial charge in [-0.15, -0.1) is 0 Å². The molecule has 0 bridgehead atoms. The summed E-state index contributed by atoms with van der Waals surface area (Å²) in [5.74, 6) is -3.11. The summed E-state index contributed by atoms with van der Waals surface area (Å²) in [5, 5.41) is 43.1. The average Bonchev–Trinajstić information content (AvgIpc) is 2.78. The largest absolute Gasteiger partial charge is 0.478 e. The number of hydrogen-bond acceptors (Lipinski definition) is 8. The fourth-order valence-electron chi connectivity index (χ4n) is 2.35. The lowest BCUT2D eigenvalue weighted by atomic mass is 10.0. The molecule has 0 saturated carbocycles. The summed E-state index contributed by atoms with van der Waals surface area (Å²) in [6.07, 6.45) is 3.93. The van der Waals surface area contributed by atoms with E-state index in [9.17, 15) is 14.4 Å². The van der Waals surface area contributed by atoms with Crippen LogP contribution in [0.5, 0.6) is 0 Å². The Labute approximate surface area is 181 Å². The highest BCUT2D eigenvalue weighted by molar-refractivity contribution is 6.04. The molecule has 31 heavy (non-hydrogen) atoms. The van der Waals surface area contributed by atoms with Crippen molar-refractivity contribution in [2.24, 2.45) is 11.7 Å². The number of aliphatic hydroxyl groups excluding tert-OH is 3. The van der Waals surface area contributed by atoms with E-state index < -0.39 is 43.3 Å². The zero-order valence-corrected chi connectivity index (χ0v) is 17.9. The molecule has 0 aromatic heterocycles. The molecule has 0 aliphatic heterocycles. The van der Waals surface area contributed by atoms with Gasteiger partial charge < -0.3 is 36.0 Å². The second-order valence-corrected chi connectivity index (χ2v) is 7.22. The maximum atomic E-state index is 12.1. The fourth-order valence-corrected chi connectivity index (χ4v) is 2.35. The number of hydrogen-bond donors (Lipinski definition) is 6. The van der Waals surface area contributed by atoms with Gasteiger partial charge in [0.1, 0.15) is 0 Å². The summed E-state index contributed by atoms with van der Waals surface area (Å²) < 4.78 is 5.22. The van der Waals surface area contributed by atoms with Crippen LogP contribution in [0.25, 0.3) is 0 Å². The molecule has 0 aliphatic rings. The maximum Gasteiger partial charge on any atom is 0.339 e. The molecule has 0 fully saturated rings. The first kappa shape index (κ1) is 28.5.